The first-order chi connectivity index (χ1) is 11.3. The van der Waals surface area contributed by atoms with Crippen LogP contribution in [0.1, 0.15) is 27.2 Å². The van der Waals surface area contributed by atoms with Crippen LogP contribution in [-0.4, -0.2) is 20.9 Å². The van der Waals surface area contributed by atoms with Crippen LogP contribution < -0.4 is 10.0 Å². The number of rotatable bonds is 6. The van der Waals surface area contributed by atoms with Crippen LogP contribution in [0, 0.1) is 25.2 Å². The first-order valence-corrected chi connectivity index (χ1v) is 8.62. The molecule has 0 aliphatic carbocycles. The summed E-state index contributed by atoms with van der Waals surface area (Å²) < 4.78 is 31.7. The van der Waals surface area contributed by atoms with Crippen molar-refractivity contribution in [2.45, 2.75) is 25.3 Å². The second kappa shape index (κ2) is 7.29. The minimum atomic E-state index is -3.84. The minimum absolute atomic E-state index is 0.0232. The van der Waals surface area contributed by atoms with Crippen molar-refractivity contribution in [2.75, 3.05) is 6.54 Å². The van der Waals surface area contributed by atoms with Crippen LogP contribution in [0.25, 0.3) is 0 Å². The molecule has 0 atom stereocenters. The van der Waals surface area contributed by atoms with Gasteiger partial charge in [-0.15, -0.1) is 0 Å². The van der Waals surface area contributed by atoms with Gasteiger partial charge >= 0.3 is 0 Å². The van der Waals surface area contributed by atoms with Gasteiger partial charge in [0.25, 0.3) is 5.91 Å². The Bertz CT molecular complexity index is 894. The molecule has 0 fully saturated rings. The van der Waals surface area contributed by atoms with E-state index in [2.05, 4.69) is 10.0 Å². The highest BCUT2D eigenvalue weighted by Crippen LogP contribution is 2.17. The average Bonchev–Trinajstić information content (AvgIpc) is 2.96. The maximum Gasteiger partial charge on any atom is 0.251 e. The number of carbonyl (C=O) groups is 1. The smallest absolute Gasteiger partial charge is 0.251 e. The van der Waals surface area contributed by atoms with Gasteiger partial charge in [-0.2, -0.15) is 9.98 Å². The number of hydrogen-bond donors (Lipinski definition) is 2. The Balaban J connectivity index is 2.19. The molecule has 7 nitrogen and oxygen atoms in total. The zero-order chi connectivity index (χ0) is 17.7. The van der Waals surface area contributed by atoms with Crippen molar-refractivity contribution in [2.24, 2.45) is 0 Å². The summed E-state index contributed by atoms with van der Waals surface area (Å²) in [6.45, 7) is 3.36. The van der Waals surface area contributed by atoms with Crippen molar-refractivity contribution in [1.29, 1.82) is 5.26 Å². The summed E-state index contributed by atoms with van der Waals surface area (Å²) >= 11 is 0. The van der Waals surface area contributed by atoms with Crippen LogP contribution in [0.4, 0.5) is 0 Å². The van der Waals surface area contributed by atoms with Crippen LogP contribution in [0.15, 0.2) is 39.8 Å². The number of carbonyl (C=O) groups excluding carboxylic acids is 1. The van der Waals surface area contributed by atoms with Gasteiger partial charge < -0.3 is 9.73 Å². The molecule has 0 aliphatic heterocycles. The molecule has 0 bridgehead atoms. The van der Waals surface area contributed by atoms with Crippen LogP contribution >= 0.6 is 0 Å². The lowest BCUT2D eigenvalue weighted by Gasteiger charge is -2.10. The Hall–Kier alpha value is -2.63. The number of nitrogens with zero attached hydrogens (tertiary/aromatic N) is 1. The van der Waals surface area contributed by atoms with Gasteiger partial charge in [0, 0.05) is 17.7 Å². The van der Waals surface area contributed by atoms with Crippen molar-refractivity contribution in [3.63, 3.8) is 0 Å². The topological polar surface area (TPSA) is 112 Å². The fourth-order valence-corrected chi connectivity index (χ4v) is 3.29. The summed E-state index contributed by atoms with van der Waals surface area (Å²) in [6, 6.07) is 7.87. The number of furan rings is 1. The molecular weight excluding hydrogens is 330 g/mol. The van der Waals surface area contributed by atoms with Gasteiger partial charge in [-0.05, 0) is 37.6 Å². The highest BCUT2D eigenvalue weighted by molar-refractivity contribution is 7.89. The Kier molecular flexibility index (Phi) is 5.39. The molecule has 2 N–H and O–H groups in total. The lowest BCUT2D eigenvalue weighted by atomic mass is 10.1. The maximum absolute atomic E-state index is 12.2. The quantitative estimate of drug-likeness (QED) is 0.771. The predicted molar refractivity (Wildman–Crippen MR) is 86.6 cm³/mol. The zero-order valence-electron chi connectivity index (χ0n) is 13.3. The van der Waals surface area contributed by atoms with E-state index in [1.54, 1.807) is 38.1 Å². The largest absolute Gasteiger partial charge is 0.469 e. The molecule has 126 valence electrons. The van der Waals surface area contributed by atoms with E-state index in [-0.39, 0.29) is 23.5 Å². The number of sulfonamides is 1. The number of nitriles is 1. The minimum Gasteiger partial charge on any atom is -0.469 e. The van der Waals surface area contributed by atoms with E-state index >= 15 is 0 Å². The molecule has 0 spiro atoms. The molecule has 2 rings (SSSR count). The third kappa shape index (κ3) is 4.01. The second-order valence-electron chi connectivity index (χ2n) is 5.15. The van der Waals surface area contributed by atoms with E-state index in [4.69, 9.17) is 9.68 Å². The third-order valence-electron chi connectivity index (χ3n) is 3.49. The van der Waals surface area contributed by atoms with E-state index in [1.807, 2.05) is 0 Å². The Morgan fingerprint density at radius 2 is 2.04 bits per heavy atom. The summed E-state index contributed by atoms with van der Waals surface area (Å²) in [5.41, 5.74) is 1.56. The molecule has 2 aromatic rings. The van der Waals surface area contributed by atoms with Crippen LogP contribution in [0.5, 0.6) is 0 Å². The molecule has 0 saturated heterocycles. The number of benzene rings is 1. The van der Waals surface area contributed by atoms with E-state index in [1.165, 1.54) is 12.3 Å². The first-order valence-electron chi connectivity index (χ1n) is 7.13. The lowest BCUT2D eigenvalue weighted by molar-refractivity contribution is 0.0950. The van der Waals surface area contributed by atoms with Gasteiger partial charge in [0.05, 0.1) is 23.8 Å². The van der Waals surface area contributed by atoms with Gasteiger partial charge in [-0.1, -0.05) is 6.07 Å². The van der Waals surface area contributed by atoms with Crippen LogP contribution in [-0.2, 0) is 16.6 Å². The predicted octanol–water partition coefficient (Wildman–Crippen LogP) is 1.63. The summed E-state index contributed by atoms with van der Waals surface area (Å²) in [5, 5.41) is 11.2. The van der Waals surface area contributed by atoms with Crippen LogP contribution in [0.2, 0.25) is 0 Å². The molecule has 8 heteroatoms. The highest BCUT2D eigenvalue weighted by atomic mass is 32.2. The van der Waals surface area contributed by atoms with E-state index in [0.717, 1.165) is 5.56 Å². The van der Waals surface area contributed by atoms with Crippen molar-refractivity contribution in [3.05, 3.63) is 53.0 Å². The maximum atomic E-state index is 12.2. The van der Waals surface area contributed by atoms with E-state index < -0.39 is 15.9 Å². The molecule has 1 heterocycles. The summed E-state index contributed by atoms with van der Waals surface area (Å²) in [5.74, 6) is 0.315. The van der Waals surface area contributed by atoms with Gasteiger partial charge in [0.1, 0.15) is 5.76 Å². The van der Waals surface area contributed by atoms with Gasteiger partial charge in [-0.3, -0.25) is 4.79 Å². The first kappa shape index (κ1) is 17.7. The molecule has 1 aromatic heterocycles. The standard InChI is InChI=1S/C16H17N3O4S/c1-11-3-4-13(9-15(11)24(21,22)19-7-6-17)16(20)18-10-14-5-8-23-12(14)2/h3-5,8-9,19H,7,10H2,1-2H3,(H,18,20). The van der Waals surface area contributed by atoms with Crippen molar-refractivity contribution < 1.29 is 17.6 Å². The van der Waals surface area contributed by atoms with Gasteiger partial charge in [0.15, 0.2) is 0 Å². The summed E-state index contributed by atoms with van der Waals surface area (Å²) in [4.78, 5) is 12.2. The Labute approximate surface area is 140 Å². The molecule has 24 heavy (non-hydrogen) atoms. The number of hydrogen-bond acceptors (Lipinski definition) is 5. The molecular formula is C16H17N3O4S. The molecule has 0 saturated carbocycles. The highest BCUT2D eigenvalue weighted by Gasteiger charge is 2.18. The number of amides is 1. The average molecular weight is 347 g/mol. The van der Waals surface area contributed by atoms with Gasteiger partial charge in [-0.25, -0.2) is 8.42 Å². The fourth-order valence-electron chi connectivity index (χ4n) is 2.11. The zero-order valence-corrected chi connectivity index (χ0v) is 14.1. The number of nitrogens with one attached hydrogen (secondary N) is 2. The number of aryl methyl sites for hydroxylation is 2. The third-order valence-corrected chi connectivity index (χ3v) is 5.03. The fraction of sp³-hybridized carbons (Fsp3) is 0.250. The van der Waals surface area contributed by atoms with Gasteiger partial charge in [0.2, 0.25) is 10.0 Å². The lowest BCUT2D eigenvalue weighted by Crippen LogP contribution is -2.26. The summed E-state index contributed by atoms with van der Waals surface area (Å²) in [6.07, 6.45) is 1.54. The molecule has 1 aromatic carbocycles. The van der Waals surface area contributed by atoms with Crippen molar-refractivity contribution >= 4 is 15.9 Å². The Morgan fingerprint density at radius 1 is 1.29 bits per heavy atom. The van der Waals surface area contributed by atoms with E-state index in [0.29, 0.717) is 11.3 Å². The molecule has 0 radical (unpaired) electrons. The normalized spacial score (nSPS) is 11.0. The Morgan fingerprint density at radius 3 is 2.67 bits per heavy atom. The van der Waals surface area contributed by atoms with E-state index in [9.17, 15) is 13.2 Å². The van der Waals surface area contributed by atoms with Crippen LogP contribution in [0.3, 0.4) is 0 Å². The molecule has 1 amide bonds. The second-order valence-corrected chi connectivity index (χ2v) is 6.88. The van der Waals surface area contributed by atoms with Crippen molar-refractivity contribution in [3.8, 4) is 6.07 Å². The summed E-state index contributed by atoms with van der Waals surface area (Å²) in [7, 11) is -3.84. The SMILES string of the molecule is Cc1ccc(C(=O)NCc2ccoc2C)cc1S(=O)(=O)NCC#N. The molecule has 0 unspecified atom stereocenters. The van der Waals surface area contributed by atoms with Crippen molar-refractivity contribution in [1.82, 2.24) is 10.0 Å². The molecule has 0 aliphatic rings. The monoisotopic (exact) mass is 347 g/mol.